The van der Waals surface area contributed by atoms with E-state index in [2.05, 4.69) is 5.32 Å². The number of rotatable bonds is 5. The minimum atomic E-state index is -1.62. The Hall–Kier alpha value is -1.56. The quantitative estimate of drug-likeness (QED) is 0.838. The average molecular weight is 275 g/mol. The van der Waals surface area contributed by atoms with Crippen molar-refractivity contribution >= 4 is 11.6 Å². The first kappa shape index (κ1) is 15.5. The van der Waals surface area contributed by atoms with Gasteiger partial charge in [-0.05, 0) is 25.0 Å². The minimum absolute atomic E-state index is 0.246. The van der Waals surface area contributed by atoms with Crippen LogP contribution in [0, 0.1) is 23.4 Å². The fraction of sp³-hybridized carbons (Fsp3) is 0.462. The molecule has 106 valence electrons. The van der Waals surface area contributed by atoms with Gasteiger partial charge in [0, 0.05) is 6.61 Å². The molecule has 0 spiro atoms. The van der Waals surface area contributed by atoms with Crippen LogP contribution in [0.15, 0.2) is 12.1 Å². The summed E-state index contributed by atoms with van der Waals surface area (Å²) >= 11 is 0. The second kappa shape index (κ2) is 6.56. The zero-order valence-electron chi connectivity index (χ0n) is 11.0. The van der Waals surface area contributed by atoms with Crippen LogP contribution in [0.25, 0.3) is 0 Å². The fourth-order valence-corrected chi connectivity index (χ4v) is 1.27. The van der Waals surface area contributed by atoms with Crippen LogP contribution in [0.5, 0.6) is 0 Å². The van der Waals surface area contributed by atoms with Gasteiger partial charge in [0.25, 0.3) is 5.91 Å². The van der Waals surface area contributed by atoms with Crippen LogP contribution in [-0.4, -0.2) is 18.6 Å². The Morgan fingerprint density at radius 1 is 1.21 bits per heavy atom. The van der Waals surface area contributed by atoms with Gasteiger partial charge >= 0.3 is 0 Å². The molecule has 0 heterocycles. The van der Waals surface area contributed by atoms with Crippen LogP contribution in [0.3, 0.4) is 0 Å². The van der Waals surface area contributed by atoms with Gasteiger partial charge in [0.15, 0.2) is 17.5 Å². The summed E-state index contributed by atoms with van der Waals surface area (Å²) in [4.78, 5) is 11.7. The lowest BCUT2D eigenvalue weighted by atomic mass is 10.2. The number of hydrogen-bond donors (Lipinski definition) is 1. The molecule has 0 saturated heterocycles. The summed E-state index contributed by atoms with van der Waals surface area (Å²) in [6, 6.07) is 1.70. The molecule has 0 aliphatic rings. The molecule has 0 fully saturated rings. The maximum Gasteiger partial charge on any atom is 0.253 e. The van der Waals surface area contributed by atoms with E-state index in [9.17, 15) is 18.0 Å². The van der Waals surface area contributed by atoms with Crippen LogP contribution in [0.1, 0.15) is 20.8 Å². The van der Waals surface area contributed by atoms with Gasteiger partial charge in [-0.2, -0.15) is 0 Å². The lowest BCUT2D eigenvalue weighted by Crippen LogP contribution is -2.29. The fourth-order valence-electron chi connectivity index (χ4n) is 1.27. The van der Waals surface area contributed by atoms with Gasteiger partial charge in [0.2, 0.25) is 0 Å². The second-order valence-electron chi connectivity index (χ2n) is 4.58. The minimum Gasteiger partial charge on any atom is -0.368 e. The Kier molecular flexibility index (Phi) is 5.35. The average Bonchev–Trinajstić information content (AvgIpc) is 2.36. The van der Waals surface area contributed by atoms with Crippen LogP contribution in [0.2, 0.25) is 0 Å². The van der Waals surface area contributed by atoms with E-state index in [4.69, 9.17) is 4.74 Å². The topological polar surface area (TPSA) is 38.3 Å². The Morgan fingerprint density at radius 2 is 1.84 bits per heavy atom. The Bertz CT molecular complexity index is 463. The number of carbonyl (C=O) groups is 1. The summed E-state index contributed by atoms with van der Waals surface area (Å²) in [5, 5.41) is 2.16. The van der Waals surface area contributed by atoms with Crippen molar-refractivity contribution < 1.29 is 22.7 Å². The van der Waals surface area contributed by atoms with E-state index in [-0.39, 0.29) is 5.92 Å². The summed E-state index contributed by atoms with van der Waals surface area (Å²) in [6.45, 7) is 5.70. The molecular weight excluding hydrogens is 259 g/mol. The monoisotopic (exact) mass is 275 g/mol. The summed E-state index contributed by atoms with van der Waals surface area (Å²) in [5.41, 5.74) is -0.413. The molecule has 0 aliphatic carbocycles. The SMILES string of the molecule is CC(C)CO[C@H](C)C(=O)Nc1ccc(F)c(F)c1F. The maximum atomic E-state index is 13.3. The highest BCUT2D eigenvalue weighted by Gasteiger charge is 2.19. The smallest absolute Gasteiger partial charge is 0.253 e. The molecule has 1 amide bonds. The van der Waals surface area contributed by atoms with Crippen molar-refractivity contribution in [2.45, 2.75) is 26.9 Å². The van der Waals surface area contributed by atoms with Crippen molar-refractivity contribution in [3.05, 3.63) is 29.6 Å². The van der Waals surface area contributed by atoms with E-state index in [1.54, 1.807) is 0 Å². The number of benzene rings is 1. The molecule has 3 nitrogen and oxygen atoms in total. The Labute approximate surface area is 109 Å². The summed E-state index contributed by atoms with van der Waals surface area (Å²) < 4.78 is 44.2. The molecule has 0 saturated carbocycles. The van der Waals surface area contributed by atoms with Crippen LogP contribution in [-0.2, 0) is 9.53 Å². The third-order valence-corrected chi connectivity index (χ3v) is 2.34. The normalized spacial score (nSPS) is 12.6. The van der Waals surface area contributed by atoms with E-state index in [0.717, 1.165) is 12.1 Å². The van der Waals surface area contributed by atoms with Crippen molar-refractivity contribution in [3.8, 4) is 0 Å². The molecule has 0 unspecified atom stereocenters. The molecular formula is C13H16F3NO2. The van der Waals surface area contributed by atoms with Gasteiger partial charge in [-0.1, -0.05) is 13.8 Å². The third-order valence-electron chi connectivity index (χ3n) is 2.34. The molecule has 19 heavy (non-hydrogen) atoms. The van der Waals surface area contributed by atoms with Crippen molar-refractivity contribution in [1.29, 1.82) is 0 Å². The molecule has 1 atom stereocenters. The molecule has 1 aromatic rings. The van der Waals surface area contributed by atoms with Crippen molar-refractivity contribution in [1.82, 2.24) is 0 Å². The number of carbonyl (C=O) groups excluding carboxylic acids is 1. The summed E-state index contributed by atoms with van der Waals surface area (Å²) in [6.07, 6.45) is -0.810. The number of anilines is 1. The zero-order chi connectivity index (χ0) is 14.6. The van der Waals surface area contributed by atoms with Crippen molar-refractivity contribution in [2.24, 2.45) is 5.92 Å². The summed E-state index contributed by atoms with van der Waals surface area (Å²) in [5.74, 6) is -4.72. The molecule has 1 aromatic carbocycles. The van der Waals surface area contributed by atoms with E-state index in [1.165, 1.54) is 6.92 Å². The van der Waals surface area contributed by atoms with Gasteiger partial charge in [-0.25, -0.2) is 13.2 Å². The second-order valence-corrected chi connectivity index (χ2v) is 4.58. The molecule has 0 aliphatic heterocycles. The van der Waals surface area contributed by atoms with Gasteiger partial charge in [-0.3, -0.25) is 4.79 Å². The standard InChI is InChI=1S/C13H16F3NO2/c1-7(2)6-19-8(3)13(18)17-10-5-4-9(14)11(15)12(10)16/h4-5,7-8H,6H2,1-3H3,(H,17,18)/t8-/m1/s1. The predicted molar refractivity (Wildman–Crippen MR) is 65.2 cm³/mol. The molecule has 1 N–H and O–H groups in total. The Morgan fingerprint density at radius 3 is 2.42 bits per heavy atom. The third kappa shape index (κ3) is 4.24. The van der Waals surface area contributed by atoms with E-state index >= 15 is 0 Å². The lowest BCUT2D eigenvalue weighted by molar-refractivity contribution is -0.126. The lowest BCUT2D eigenvalue weighted by Gasteiger charge is -2.15. The van der Waals surface area contributed by atoms with Crippen LogP contribution >= 0.6 is 0 Å². The highest BCUT2D eigenvalue weighted by atomic mass is 19.2. The first-order valence-corrected chi connectivity index (χ1v) is 5.89. The molecule has 6 heteroatoms. The molecule has 1 rings (SSSR count). The zero-order valence-corrected chi connectivity index (χ0v) is 11.0. The van der Waals surface area contributed by atoms with Gasteiger partial charge in [0.05, 0.1) is 5.69 Å². The predicted octanol–water partition coefficient (Wildman–Crippen LogP) is 3.10. The van der Waals surface area contributed by atoms with Crippen LogP contribution < -0.4 is 5.32 Å². The van der Waals surface area contributed by atoms with Gasteiger partial charge in [-0.15, -0.1) is 0 Å². The number of halogens is 3. The Balaban J connectivity index is 2.69. The molecule has 0 bridgehead atoms. The number of hydrogen-bond acceptors (Lipinski definition) is 2. The van der Waals surface area contributed by atoms with Gasteiger partial charge < -0.3 is 10.1 Å². The number of ether oxygens (including phenoxy) is 1. The molecule has 0 radical (unpaired) electrons. The number of nitrogens with one attached hydrogen (secondary N) is 1. The van der Waals surface area contributed by atoms with Crippen molar-refractivity contribution in [2.75, 3.05) is 11.9 Å². The van der Waals surface area contributed by atoms with E-state index in [1.807, 2.05) is 13.8 Å². The summed E-state index contributed by atoms with van der Waals surface area (Å²) in [7, 11) is 0. The first-order chi connectivity index (χ1) is 8.82. The van der Waals surface area contributed by atoms with Gasteiger partial charge in [0.1, 0.15) is 6.10 Å². The van der Waals surface area contributed by atoms with Crippen LogP contribution in [0.4, 0.5) is 18.9 Å². The maximum absolute atomic E-state index is 13.3. The highest BCUT2D eigenvalue weighted by Crippen LogP contribution is 2.19. The number of amides is 1. The highest BCUT2D eigenvalue weighted by molar-refractivity contribution is 5.94. The van der Waals surface area contributed by atoms with E-state index < -0.39 is 35.2 Å². The van der Waals surface area contributed by atoms with Crippen molar-refractivity contribution in [3.63, 3.8) is 0 Å². The van der Waals surface area contributed by atoms with E-state index in [0.29, 0.717) is 6.61 Å². The largest absolute Gasteiger partial charge is 0.368 e. The molecule has 0 aromatic heterocycles. The first-order valence-electron chi connectivity index (χ1n) is 5.89.